The van der Waals surface area contributed by atoms with Crippen molar-refractivity contribution in [1.82, 2.24) is 0 Å². The predicted molar refractivity (Wildman–Crippen MR) is 99.9 cm³/mol. The van der Waals surface area contributed by atoms with Crippen LogP contribution in [-0.2, 0) is 0 Å². The Morgan fingerprint density at radius 2 is 1.48 bits per heavy atom. The first-order valence-corrected chi connectivity index (χ1v) is 8.16. The van der Waals surface area contributed by atoms with Gasteiger partial charge in [0.2, 0.25) is 0 Å². The minimum absolute atomic E-state index is 0.362. The molecule has 5 rings (SSSR count). The molecule has 120 valence electrons. The Morgan fingerprint density at radius 1 is 0.720 bits per heavy atom. The average Bonchev–Trinajstić information content (AvgIpc) is 3.01. The summed E-state index contributed by atoms with van der Waals surface area (Å²) in [5, 5.41) is 2.11. The van der Waals surface area contributed by atoms with Crippen LogP contribution in [0.25, 0.3) is 44.0 Å². The summed E-state index contributed by atoms with van der Waals surface area (Å²) in [6.45, 7) is 1.97. The molecule has 0 amide bonds. The van der Waals surface area contributed by atoms with Gasteiger partial charge in [-0.2, -0.15) is 0 Å². The lowest BCUT2D eigenvalue weighted by Crippen LogP contribution is -1.98. The summed E-state index contributed by atoms with van der Waals surface area (Å²) in [4.78, 5) is 12.5. The molecule has 0 radical (unpaired) electrons. The first-order valence-electron chi connectivity index (χ1n) is 8.16. The molecule has 3 heteroatoms. The highest BCUT2D eigenvalue weighted by atomic mass is 16.4. The summed E-state index contributed by atoms with van der Waals surface area (Å²) >= 11 is 0. The van der Waals surface area contributed by atoms with Crippen LogP contribution in [-0.4, -0.2) is 0 Å². The Balaban J connectivity index is 1.88. The molecule has 0 saturated carbocycles. The van der Waals surface area contributed by atoms with Crippen molar-refractivity contribution in [1.29, 1.82) is 0 Å². The zero-order valence-electron chi connectivity index (χ0n) is 13.6. The van der Waals surface area contributed by atoms with Crippen molar-refractivity contribution in [3.8, 4) is 11.1 Å². The number of aryl methyl sites for hydroxylation is 1. The van der Waals surface area contributed by atoms with Gasteiger partial charge in [-0.15, -0.1) is 0 Å². The van der Waals surface area contributed by atoms with Crippen LogP contribution < -0.4 is 5.63 Å². The van der Waals surface area contributed by atoms with E-state index in [1.165, 1.54) is 0 Å². The van der Waals surface area contributed by atoms with E-state index in [1.807, 2.05) is 61.5 Å². The molecule has 2 heterocycles. The fourth-order valence-electron chi connectivity index (χ4n) is 3.35. The lowest BCUT2D eigenvalue weighted by molar-refractivity contribution is 0.566. The van der Waals surface area contributed by atoms with Crippen LogP contribution in [0.15, 0.2) is 80.4 Å². The molecule has 3 aromatic carbocycles. The van der Waals surface area contributed by atoms with E-state index in [4.69, 9.17) is 8.83 Å². The lowest BCUT2D eigenvalue weighted by atomic mass is 10.0. The maximum atomic E-state index is 12.5. The molecule has 0 saturated heterocycles. The van der Waals surface area contributed by atoms with E-state index in [0.29, 0.717) is 22.1 Å². The molecule has 5 aromatic rings. The summed E-state index contributed by atoms with van der Waals surface area (Å²) < 4.78 is 11.6. The van der Waals surface area contributed by atoms with Crippen molar-refractivity contribution in [3.63, 3.8) is 0 Å². The van der Waals surface area contributed by atoms with Gasteiger partial charge >= 0.3 is 5.63 Å². The summed E-state index contributed by atoms with van der Waals surface area (Å²) in [7, 11) is 0. The van der Waals surface area contributed by atoms with E-state index in [2.05, 4.69) is 12.1 Å². The maximum Gasteiger partial charge on any atom is 0.348 e. The smallest absolute Gasteiger partial charge is 0.348 e. The van der Waals surface area contributed by atoms with Gasteiger partial charge in [-0.25, -0.2) is 4.79 Å². The predicted octanol–water partition coefficient (Wildman–Crippen LogP) is 5.67. The average molecular weight is 326 g/mol. The van der Waals surface area contributed by atoms with Crippen molar-refractivity contribution in [2.24, 2.45) is 0 Å². The van der Waals surface area contributed by atoms with Gasteiger partial charge in [0.1, 0.15) is 16.6 Å². The Kier molecular flexibility index (Phi) is 2.86. The molecular formula is C22H14O3. The molecule has 3 nitrogen and oxygen atoms in total. The first-order chi connectivity index (χ1) is 12.2. The van der Waals surface area contributed by atoms with Crippen molar-refractivity contribution >= 4 is 32.9 Å². The van der Waals surface area contributed by atoms with Crippen LogP contribution >= 0.6 is 0 Å². The van der Waals surface area contributed by atoms with Crippen LogP contribution in [0.4, 0.5) is 0 Å². The molecule has 0 aliphatic heterocycles. The third-order valence-electron chi connectivity index (χ3n) is 4.59. The van der Waals surface area contributed by atoms with Gasteiger partial charge in [-0.3, -0.25) is 0 Å². The summed E-state index contributed by atoms with van der Waals surface area (Å²) in [5.74, 6) is 0. The van der Waals surface area contributed by atoms with Crippen LogP contribution in [0, 0.1) is 6.92 Å². The van der Waals surface area contributed by atoms with Crippen LogP contribution in [0.3, 0.4) is 0 Å². The fourth-order valence-corrected chi connectivity index (χ4v) is 3.35. The normalized spacial score (nSPS) is 11.6. The van der Waals surface area contributed by atoms with Crippen LogP contribution in [0.1, 0.15) is 5.56 Å². The van der Waals surface area contributed by atoms with Gasteiger partial charge in [-0.05, 0) is 47.9 Å². The van der Waals surface area contributed by atoms with Crippen LogP contribution in [0.2, 0.25) is 0 Å². The van der Waals surface area contributed by atoms with Gasteiger partial charge in [0.15, 0.2) is 5.58 Å². The lowest BCUT2D eigenvalue weighted by Gasteiger charge is -2.00. The van der Waals surface area contributed by atoms with Crippen molar-refractivity contribution in [2.75, 3.05) is 0 Å². The monoisotopic (exact) mass is 326 g/mol. The Labute approximate surface area is 143 Å². The molecule has 0 unspecified atom stereocenters. The molecule has 0 bridgehead atoms. The second-order valence-corrected chi connectivity index (χ2v) is 6.27. The largest absolute Gasteiger partial charge is 0.455 e. The molecule has 0 aliphatic carbocycles. The van der Waals surface area contributed by atoms with Gasteiger partial charge in [0, 0.05) is 5.39 Å². The molecule has 25 heavy (non-hydrogen) atoms. The third kappa shape index (κ3) is 2.09. The first kappa shape index (κ1) is 14.1. The maximum absolute atomic E-state index is 12.5. The highest BCUT2D eigenvalue weighted by Gasteiger charge is 2.16. The van der Waals surface area contributed by atoms with Gasteiger partial charge < -0.3 is 8.83 Å². The van der Waals surface area contributed by atoms with E-state index in [1.54, 1.807) is 0 Å². The summed E-state index contributed by atoms with van der Waals surface area (Å²) in [6, 6.07) is 21.8. The zero-order chi connectivity index (χ0) is 17.0. The number of hydrogen-bond acceptors (Lipinski definition) is 3. The second kappa shape index (κ2) is 5.08. The number of hydrogen-bond donors (Lipinski definition) is 0. The number of fused-ring (bicyclic) bond motifs is 5. The molecule has 0 aliphatic rings. The zero-order valence-corrected chi connectivity index (χ0v) is 13.6. The topological polar surface area (TPSA) is 43.4 Å². The van der Waals surface area contributed by atoms with Gasteiger partial charge in [0.05, 0.1) is 5.39 Å². The number of furan rings is 1. The summed E-state index contributed by atoms with van der Waals surface area (Å²) in [5.41, 5.74) is 4.67. The third-order valence-corrected chi connectivity index (χ3v) is 4.59. The van der Waals surface area contributed by atoms with Crippen LogP contribution in [0.5, 0.6) is 0 Å². The standard InChI is InChI=1S/C22H14O3/c1-13-7-9-17-18(11-13)25-22(23)20-16-10-8-15(12-19(16)24-21(17)20)14-5-3-2-4-6-14/h2-12H,1H3. The van der Waals surface area contributed by atoms with E-state index in [9.17, 15) is 4.79 Å². The fraction of sp³-hybridized carbons (Fsp3) is 0.0455. The van der Waals surface area contributed by atoms with Crippen molar-refractivity contribution < 1.29 is 8.83 Å². The minimum atomic E-state index is -0.362. The van der Waals surface area contributed by atoms with E-state index < -0.39 is 0 Å². The van der Waals surface area contributed by atoms with E-state index in [-0.39, 0.29) is 5.63 Å². The Bertz CT molecular complexity index is 1310. The highest BCUT2D eigenvalue weighted by Crippen LogP contribution is 2.34. The minimum Gasteiger partial charge on any atom is -0.455 e. The molecule has 0 fully saturated rings. The second-order valence-electron chi connectivity index (χ2n) is 6.27. The highest BCUT2D eigenvalue weighted by molar-refractivity contribution is 6.13. The molecule has 2 aromatic heterocycles. The van der Waals surface area contributed by atoms with Crippen molar-refractivity contribution in [2.45, 2.75) is 6.92 Å². The molecule has 0 atom stereocenters. The Morgan fingerprint density at radius 3 is 2.32 bits per heavy atom. The van der Waals surface area contributed by atoms with Gasteiger partial charge in [-0.1, -0.05) is 42.5 Å². The Hall–Kier alpha value is -3.33. The molecular weight excluding hydrogens is 312 g/mol. The SMILES string of the molecule is Cc1ccc2c(c1)oc(=O)c1c3ccc(-c4ccccc4)cc3oc21. The van der Waals surface area contributed by atoms with E-state index >= 15 is 0 Å². The van der Waals surface area contributed by atoms with Gasteiger partial charge in [0.25, 0.3) is 0 Å². The van der Waals surface area contributed by atoms with E-state index in [0.717, 1.165) is 27.5 Å². The number of benzene rings is 3. The summed E-state index contributed by atoms with van der Waals surface area (Å²) in [6.07, 6.45) is 0. The van der Waals surface area contributed by atoms with Crippen molar-refractivity contribution in [3.05, 3.63) is 82.7 Å². The quantitative estimate of drug-likeness (QED) is 0.373. The molecule has 0 spiro atoms. The number of rotatable bonds is 1. The molecule has 0 N–H and O–H groups in total.